The quantitative estimate of drug-likeness (QED) is 0.470. The van der Waals surface area contributed by atoms with E-state index in [9.17, 15) is 0 Å². The molecule has 0 radical (unpaired) electrons. The Bertz CT molecular complexity index is 516. The van der Waals surface area contributed by atoms with Crippen molar-refractivity contribution in [1.82, 2.24) is 0 Å². The molecule has 2 unspecified atom stereocenters. The Morgan fingerprint density at radius 1 is 0.950 bits per heavy atom. The van der Waals surface area contributed by atoms with Crippen LogP contribution in [0.5, 0.6) is 0 Å². The first-order valence-corrected chi connectivity index (χ1v) is 8.28. The number of alkyl halides is 4. The lowest BCUT2D eigenvalue weighted by Crippen LogP contribution is -2.44. The van der Waals surface area contributed by atoms with Crippen LogP contribution < -0.4 is 0 Å². The van der Waals surface area contributed by atoms with Crippen molar-refractivity contribution in [2.24, 2.45) is 0 Å². The Labute approximate surface area is 149 Å². The standard InChI is InChI=1S/C14H12Cl6/c15-10-1-5-12(17,6-2-10)9-14(19,20)13(18)7-3-11(16)4-8-13/h1-5,7H,6,8-9H2. The summed E-state index contributed by atoms with van der Waals surface area (Å²) in [4.78, 5) is -1.63. The van der Waals surface area contributed by atoms with Gasteiger partial charge in [0.05, 0.1) is 9.75 Å². The van der Waals surface area contributed by atoms with Gasteiger partial charge in [-0.2, -0.15) is 0 Å². The molecule has 0 fully saturated rings. The zero-order chi connectivity index (χ0) is 15.0. The van der Waals surface area contributed by atoms with Gasteiger partial charge in [0.15, 0.2) is 0 Å². The van der Waals surface area contributed by atoms with Crippen molar-refractivity contribution >= 4 is 69.6 Å². The molecular weight excluding hydrogens is 381 g/mol. The van der Waals surface area contributed by atoms with Crippen LogP contribution in [0.2, 0.25) is 0 Å². The van der Waals surface area contributed by atoms with Crippen LogP contribution in [0.1, 0.15) is 19.3 Å². The molecule has 0 bridgehead atoms. The first kappa shape index (κ1) is 17.1. The van der Waals surface area contributed by atoms with E-state index in [1.165, 1.54) is 0 Å². The largest absolute Gasteiger partial charge is 0.143 e. The van der Waals surface area contributed by atoms with Gasteiger partial charge in [0, 0.05) is 16.5 Å². The zero-order valence-electron chi connectivity index (χ0n) is 10.4. The van der Waals surface area contributed by atoms with Gasteiger partial charge in [-0.05, 0) is 25.0 Å². The van der Waals surface area contributed by atoms with E-state index in [0.717, 1.165) is 0 Å². The van der Waals surface area contributed by atoms with E-state index in [4.69, 9.17) is 69.6 Å². The predicted molar refractivity (Wildman–Crippen MR) is 91.6 cm³/mol. The fourth-order valence-electron chi connectivity index (χ4n) is 2.14. The van der Waals surface area contributed by atoms with Crippen molar-refractivity contribution in [1.29, 1.82) is 0 Å². The number of hydrogen-bond donors (Lipinski definition) is 0. The summed E-state index contributed by atoms with van der Waals surface area (Å²) in [5.74, 6) is 0. The molecule has 0 heterocycles. The van der Waals surface area contributed by atoms with Gasteiger partial charge in [-0.3, -0.25) is 0 Å². The fourth-order valence-corrected chi connectivity index (χ4v) is 3.87. The molecule has 0 nitrogen and oxygen atoms in total. The Hall–Kier alpha value is 0.700. The number of rotatable bonds is 3. The van der Waals surface area contributed by atoms with Crippen LogP contribution in [0.25, 0.3) is 0 Å². The summed E-state index contributed by atoms with van der Waals surface area (Å²) in [5.41, 5.74) is 0. The van der Waals surface area contributed by atoms with Gasteiger partial charge >= 0.3 is 0 Å². The van der Waals surface area contributed by atoms with Crippen molar-refractivity contribution in [2.45, 2.75) is 33.3 Å². The molecule has 2 aliphatic rings. The zero-order valence-corrected chi connectivity index (χ0v) is 14.9. The topological polar surface area (TPSA) is 0 Å². The molecule has 0 saturated heterocycles. The molecule has 2 atom stereocenters. The van der Waals surface area contributed by atoms with Crippen LogP contribution in [0.15, 0.2) is 46.5 Å². The first-order valence-electron chi connectivity index (χ1n) is 6.01. The average Bonchev–Trinajstić information content (AvgIpc) is 2.36. The summed E-state index contributed by atoms with van der Waals surface area (Å²) < 4.78 is -1.23. The lowest BCUT2D eigenvalue weighted by Gasteiger charge is -2.41. The molecule has 0 N–H and O–H groups in total. The summed E-state index contributed by atoms with van der Waals surface area (Å²) >= 11 is 37.9. The molecule has 2 aliphatic carbocycles. The molecule has 0 spiro atoms. The highest BCUT2D eigenvalue weighted by Crippen LogP contribution is 2.52. The van der Waals surface area contributed by atoms with Crippen LogP contribution in [-0.4, -0.2) is 14.1 Å². The van der Waals surface area contributed by atoms with E-state index in [2.05, 4.69) is 0 Å². The van der Waals surface area contributed by atoms with Crippen LogP contribution in [0.4, 0.5) is 0 Å². The van der Waals surface area contributed by atoms with Gasteiger partial charge < -0.3 is 0 Å². The number of hydrogen-bond acceptors (Lipinski definition) is 0. The average molecular weight is 393 g/mol. The highest BCUT2D eigenvalue weighted by Gasteiger charge is 2.50. The molecule has 0 aliphatic heterocycles. The van der Waals surface area contributed by atoms with E-state index in [0.29, 0.717) is 29.3 Å². The second kappa shape index (κ2) is 6.07. The van der Waals surface area contributed by atoms with Crippen LogP contribution >= 0.6 is 69.6 Å². The number of allylic oxidation sites excluding steroid dienone is 8. The lowest BCUT2D eigenvalue weighted by atomic mass is 9.86. The third-order valence-corrected chi connectivity index (χ3v) is 6.12. The van der Waals surface area contributed by atoms with E-state index >= 15 is 0 Å². The lowest BCUT2D eigenvalue weighted by molar-refractivity contribution is 0.499. The summed E-state index contributed by atoms with van der Waals surface area (Å²) in [6, 6.07) is 0. The van der Waals surface area contributed by atoms with Crippen LogP contribution in [0, 0.1) is 0 Å². The van der Waals surface area contributed by atoms with Crippen molar-refractivity contribution < 1.29 is 0 Å². The molecule has 110 valence electrons. The summed E-state index contributed by atoms with van der Waals surface area (Å²) in [5, 5.41) is 1.28. The summed E-state index contributed by atoms with van der Waals surface area (Å²) in [6.07, 6.45) is 11.9. The molecule has 0 aromatic carbocycles. The SMILES string of the molecule is ClC1=CCC(Cl)(CC(Cl)(Cl)C2(Cl)C=CC(Cl)=CC2)C=C1. The molecule has 0 aromatic heterocycles. The maximum absolute atomic E-state index is 6.56. The van der Waals surface area contributed by atoms with Crippen LogP contribution in [0.3, 0.4) is 0 Å². The van der Waals surface area contributed by atoms with E-state index < -0.39 is 14.1 Å². The third-order valence-electron chi connectivity index (χ3n) is 3.40. The molecule has 20 heavy (non-hydrogen) atoms. The minimum Gasteiger partial charge on any atom is -0.114 e. The second-order valence-electron chi connectivity index (χ2n) is 5.03. The normalized spacial score (nSPS) is 33.9. The summed E-state index contributed by atoms with van der Waals surface area (Å²) in [7, 11) is 0. The van der Waals surface area contributed by atoms with Gasteiger partial charge in [-0.15, -0.1) is 23.2 Å². The Kier molecular flexibility index (Phi) is 5.17. The van der Waals surface area contributed by atoms with Crippen molar-refractivity contribution in [3.05, 3.63) is 46.5 Å². The third kappa shape index (κ3) is 3.72. The Morgan fingerprint density at radius 3 is 1.95 bits per heavy atom. The molecule has 0 saturated carbocycles. The second-order valence-corrected chi connectivity index (χ2v) is 8.82. The molecule has 0 aromatic rings. The molecule has 0 amide bonds. The van der Waals surface area contributed by atoms with Gasteiger partial charge in [-0.25, -0.2) is 0 Å². The Morgan fingerprint density at radius 2 is 1.50 bits per heavy atom. The minimum absolute atomic E-state index is 0.293. The molecule has 2 rings (SSSR count). The van der Waals surface area contributed by atoms with Crippen LogP contribution in [-0.2, 0) is 0 Å². The van der Waals surface area contributed by atoms with Gasteiger partial charge in [0.1, 0.15) is 4.33 Å². The molecule has 6 heteroatoms. The fraction of sp³-hybridized carbons (Fsp3) is 0.429. The first-order chi connectivity index (χ1) is 9.16. The maximum atomic E-state index is 6.56. The Balaban J connectivity index is 2.16. The van der Waals surface area contributed by atoms with Crippen molar-refractivity contribution in [3.63, 3.8) is 0 Å². The minimum atomic E-state index is -1.23. The predicted octanol–water partition coefficient (Wildman–Crippen LogP) is 6.67. The van der Waals surface area contributed by atoms with E-state index in [1.807, 2.05) is 12.2 Å². The molecular formula is C14H12Cl6. The summed E-state index contributed by atoms with van der Waals surface area (Å²) in [6.45, 7) is 0. The maximum Gasteiger partial charge on any atom is 0.143 e. The van der Waals surface area contributed by atoms with Gasteiger partial charge in [-0.1, -0.05) is 70.7 Å². The monoisotopic (exact) mass is 390 g/mol. The smallest absolute Gasteiger partial charge is 0.114 e. The van der Waals surface area contributed by atoms with E-state index in [1.54, 1.807) is 24.3 Å². The highest BCUT2D eigenvalue weighted by atomic mass is 35.5. The highest BCUT2D eigenvalue weighted by molar-refractivity contribution is 6.54. The van der Waals surface area contributed by atoms with Crippen molar-refractivity contribution in [3.8, 4) is 0 Å². The van der Waals surface area contributed by atoms with E-state index in [-0.39, 0.29) is 0 Å². The van der Waals surface area contributed by atoms with Gasteiger partial charge in [0.25, 0.3) is 0 Å². The number of halogens is 6. The van der Waals surface area contributed by atoms with Crippen molar-refractivity contribution in [2.75, 3.05) is 0 Å². The van der Waals surface area contributed by atoms with Gasteiger partial charge in [0.2, 0.25) is 0 Å².